The zero-order chi connectivity index (χ0) is 13.2. The van der Waals surface area contributed by atoms with E-state index in [4.69, 9.17) is 0 Å². The molecule has 0 amide bonds. The molecule has 1 aliphatic heterocycles. The number of likely N-dealkylation sites (tertiary alicyclic amines) is 1. The fraction of sp³-hybridized carbons (Fsp3) is 1.00. The second-order valence-electron chi connectivity index (χ2n) is 5.35. The van der Waals surface area contributed by atoms with Crippen molar-refractivity contribution in [1.29, 1.82) is 0 Å². The average molecular weight is 267 g/mol. The molecule has 0 aromatic heterocycles. The smallest absolute Gasteiger partial charge is 0.393 e. The molecule has 1 saturated heterocycles. The van der Waals surface area contributed by atoms with Crippen molar-refractivity contribution < 1.29 is 23.0 Å². The SMILES string of the molecule is OC1CCC2CN(CCCOCC(F)(F)F)CC12. The number of rotatable bonds is 5. The molecule has 18 heavy (non-hydrogen) atoms. The van der Waals surface area contributed by atoms with Crippen LogP contribution in [0.1, 0.15) is 19.3 Å². The summed E-state index contributed by atoms with van der Waals surface area (Å²) in [4.78, 5) is 2.23. The van der Waals surface area contributed by atoms with E-state index < -0.39 is 12.8 Å². The molecule has 1 heterocycles. The number of halogens is 3. The molecule has 0 spiro atoms. The molecule has 0 aromatic rings. The number of hydrogen-bond acceptors (Lipinski definition) is 3. The fourth-order valence-corrected chi connectivity index (χ4v) is 3.09. The van der Waals surface area contributed by atoms with Gasteiger partial charge in [-0.2, -0.15) is 13.2 Å². The summed E-state index contributed by atoms with van der Waals surface area (Å²) in [7, 11) is 0. The summed E-state index contributed by atoms with van der Waals surface area (Å²) >= 11 is 0. The third kappa shape index (κ3) is 3.83. The van der Waals surface area contributed by atoms with Crippen LogP contribution in [0.2, 0.25) is 0 Å². The van der Waals surface area contributed by atoms with Gasteiger partial charge in [0, 0.05) is 32.2 Å². The lowest BCUT2D eigenvalue weighted by atomic mass is 10.00. The van der Waals surface area contributed by atoms with Gasteiger partial charge in [0.05, 0.1) is 6.10 Å². The molecule has 3 atom stereocenters. The van der Waals surface area contributed by atoms with Crippen molar-refractivity contribution in [2.24, 2.45) is 11.8 Å². The fourth-order valence-electron chi connectivity index (χ4n) is 3.09. The number of ether oxygens (including phenoxy) is 1. The van der Waals surface area contributed by atoms with Crippen LogP contribution in [0, 0.1) is 11.8 Å². The Morgan fingerprint density at radius 3 is 2.67 bits per heavy atom. The van der Waals surface area contributed by atoms with Crippen molar-refractivity contribution in [2.75, 3.05) is 32.8 Å². The van der Waals surface area contributed by atoms with Gasteiger partial charge in [-0.3, -0.25) is 0 Å². The van der Waals surface area contributed by atoms with E-state index in [0.29, 0.717) is 18.3 Å². The van der Waals surface area contributed by atoms with E-state index in [9.17, 15) is 18.3 Å². The first kappa shape index (κ1) is 14.1. The predicted octanol–water partition coefficient (Wildman–Crippen LogP) is 1.66. The highest BCUT2D eigenvalue weighted by Crippen LogP contribution is 2.37. The molecule has 1 saturated carbocycles. The maximum atomic E-state index is 11.8. The van der Waals surface area contributed by atoms with Crippen LogP contribution in [0.15, 0.2) is 0 Å². The van der Waals surface area contributed by atoms with E-state index in [0.717, 1.165) is 32.5 Å². The highest BCUT2D eigenvalue weighted by molar-refractivity contribution is 4.93. The standard InChI is InChI=1S/C12H20F3NO2/c13-12(14,15)8-18-5-1-4-16-6-9-2-3-11(17)10(9)7-16/h9-11,17H,1-8H2. The van der Waals surface area contributed by atoms with Crippen LogP contribution in [-0.4, -0.2) is 55.1 Å². The van der Waals surface area contributed by atoms with E-state index in [-0.39, 0.29) is 12.7 Å². The maximum Gasteiger partial charge on any atom is 0.411 e. The van der Waals surface area contributed by atoms with Gasteiger partial charge in [0.1, 0.15) is 6.61 Å². The summed E-state index contributed by atoms with van der Waals surface area (Å²) in [5.41, 5.74) is 0. The Hall–Kier alpha value is -0.330. The van der Waals surface area contributed by atoms with Crippen molar-refractivity contribution in [1.82, 2.24) is 4.90 Å². The van der Waals surface area contributed by atoms with Crippen LogP contribution in [-0.2, 0) is 4.74 Å². The first-order chi connectivity index (χ1) is 8.46. The van der Waals surface area contributed by atoms with Gasteiger partial charge in [-0.25, -0.2) is 0 Å². The summed E-state index contributed by atoms with van der Waals surface area (Å²) in [5, 5.41) is 9.74. The number of aliphatic hydroxyl groups excluding tert-OH is 1. The van der Waals surface area contributed by atoms with Crippen molar-refractivity contribution >= 4 is 0 Å². The Labute approximate surface area is 105 Å². The van der Waals surface area contributed by atoms with E-state index in [1.807, 2.05) is 0 Å². The van der Waals surface area contributed by atoms with Crippen LogP contribution < -0.4 is 0 Å². The number of fused-ring (bicyclic) bond motifs is 1. The number of aliphatic hydroxyl groups is 1. The van der Waals surface area contributed by atoms with E-state index in [1.54, 1.807) is 0 Å². The molecule has 3 nitrogen and oxygen atoms in total. The van der Waals surface area contributed by atoms with Crippen LogP contribution in [0.5, 0.6) is 0 Å². The van der Waals surface area contributed by atoms with Gasteiger partial charge in [-0.1, -0.05) is 0 Å². The highest BCUT2D eigenvalue weighted by Gasteiger charge is 2.41. The third-order valence-corrected chi connectivity index (χ3v) is 3.92. The topological polar surface area (TPSA) is 32.7 Å². The molecule has 0 aromatic carbocycles. The zero-order valence-corrected chi connectivity index (χ0v) is 10.3. The van der Waals surface area contributed by atoms with Crippen LogP contribution >= 0.6 is 0 Å². The van der Waals surface area contributed by atoms with Crippen LogP contribution in [0.4, 0.5) is 13.2 Å². The summed E-state index contributed by atoms with van der Waals surface area (Å²) < 4.78 is 40.0. The Bertz CT molecular complexity index is 273. The third-order valence-electron chi connectivity index (χ3n) is 3.92. The molecule has 0 bridgehead atoms. The first-order valence-corrected chi connectivity index (χ1v) is 6.50. The molecule has 2 aliphatic rings. The second kappa shape index (κ2) is 5.75. The summed E-state index contributed by atoms with van der Waals surface area (Å²) in [6.07, 6.45) is -1.81. The molecule has 1 aliphatic carbocycles. The predicted molar refractivity (Wildman–Crippen MR) is 60.2 cm³/mol. The van der Waals surface area contributed by atoms with Gasteiger partial charge < -0.3 is 14.7 Å². The Balaban J connectivity index is 1.56. The summed E-state index contributed by atoms with van der Waals surface area (Å²) in [5.74, 6) is 0.956. The summed E-state index contributed by atoms with van der Waals surface area (Å²) in [6, 6.07) is 0. The molecule has 2 fully saturated rings. The molecule has 6 heteroatoms. The highest BCUT2D eigenvalue weighted by atomic mass is 19.4. The maximum absolute atomic E-state index is 11.8. The largest absolute Gasteiger partial charge is 0.411 e. The zero-order valence-electron chi connectivity index (χ0n) is 10.3. The quantitative estimate of drug-likeness (QED) is 0.769. The van der Waals surface area contributed by atoms with E-state index >= 15 is 0 Å². The van der Waals surface area contributed by atoms with Crippen molar-refractivity contribution in [3.8, 4) is 0 Å². The molecule has 106 valence electrons. The molecule has 0 radical (unpaired) electrons. The van der Waals surface area contributed by atoms with Crippen molar-refractivity contribution in [3.05, 3.63) is 0 Å². The van der Waals surface area contributed by atoms with Gasteiger partial charge in [-0.05, 0) is 25.2 Å². The molecular weight excluding hydrogens is 247 g/mol. The number of nitrogens with zero attached hydrogens (tertiary/aromatic N) is 1. The monoisotopic (exact) mass is 267 g/mol. The van der Waals surface area contributed by atoms with Gasteiger partial charge in [-0.15, -0.1) is 0 Å². The lowest BCUT2D eigenvalue weighted by Gasteiger charge is -2.17. The second-order valence-corrected chi connectivity index (χ2v) is 5.35. The Kier molecular flexibility index (Phi) is 4.50. The van der Waals surface area contributed by atoms with Crippen molar-refractivity contribution in [2.45, 2.75) is 31.5 Å². The first-order valence-electron chi connectivity index (χ1n) is 6.50. The molecular formula is C12H20F3NO2. The van der Waals surface area contributed by atoms with Gasteiger partial charge in [0.2, 0.25) is 0 Å². The van der Waals surface area contributed by atoms with Crippen LogP contribution in [0.3, 0.4) is 0 Å². The van der Waals surface area contributed by atoms with Gasteiger partial charge in [0.25, 0.3) is 0 Å². The summed E-state index contributed by atoms with van der Waals surface area (Å²) in [6.45, 7) is 1.61. The van der Waals surface area contributed by atoms with Gasteiger partial charge in [0.15, 0.2) is 0 Å². The molecule has 3 unspecified atom stereocenters. The van der Waals surface area contributed by atoms with E-state index in [1.165, 1.54) is 0 Å². The number of alkyl halides is 3. The number of hydrogen-bond donors (Lipinski definition) is 1. The van der Waals surface area contributed by atoms with Gasteiger partial charge >= 0.3 is 6.18 Å². The average Bonchev–Trinajstić information content (AvgIpc) is 2.79. The lowest BCUT2D eigenvalue weighted by Crippen LogP contribution is -2.27. The lowest BCUT2D eigenvalue weighted by molar-refractivity contribution is -0.174. The molecule has 2 rings (SSSR count). The minimum absolute atomic E-state index is 0.147. The van der Waals surface area contributed by atoms with E-state index in [2.05, 4.69) is 9.64 Å². The Morgan fingerprint density at radius 1 is 1.22 bits per heavy atom. The minimum atomic E-state index is -4.23. The minimum Gasteiger partial charge on any atom is -0.393 e. The molecule has 1 N–H and O–H groups in total. The Morgan fingerprint density at radius 2 is 2.00 bits per heavy atom. The normalized spacial score (nSPS) is 33.0. The van der Waals surface area contributed by atoms with Crippen LogP contribution in [0.25, 0.3) is 0 Å². The van der Waals surface area contributed by atoms with Crippen molar-refractivity contribution in [3.63, 3.8) is 0 Å².